The van der Waals surface area contributed by atoms with Crippen molar-refractivity contribution in [1.29, 1.82) is 0 Å². The fraction of sp³-hybridized carbons (Fsp3) is 0.833. The Morgan fingerprint density at radius 3 is 2.57 bits per heavy atom. The highest BCUT2D eigenvalue weighted by Gasteiger charge is 2.25. The molecule has 0 aliphatic heterocycles. The third kappa shape index (κ3) is 3.86. The number of aryl methyl sites for hydroxylation is 1. The monoisotopic (exact) mass is 226 g/mol. The summed E-state index contributed by atoms with van der Waals surface area (Å²) >= 11 is 4.74. The topological polar surface area (TPSA) is 46.5 Å². The molecule has 0 aliphatic rings. The van der Waals surface area contributed by atoms with Gasteiger partial charge in [0.05, 0.1) is 0 Å². The van der Waals surface area contributed by atoms with Gasteiger partial charge in [0.2, 0.25) is 4.77 Å². The Bertz CT molecular complexity index is 328. The summed E-state index contributed by atoms with van der Waals surface area (Å²) < 4.78 is 36.9. The number of hydrogen-bond donors (Lipinski definition) is 1. The summed E-state index contributed by atoms with van der Waals surface area (Å²) in [6, 6.07) is 0. The SMILES string of the molecule is FC(F)(F)CCCCn1[nH]nnc1=S. The minimum Gasteiger partial charge on any atom is -0.242 e. The zero-order valence-corrected chi connectivity index (χ0v) is 8.03. The van der Waals surface area contributed by atoms with E-state index in [1.807, 2.05) is 0 Å². The number of tetrazole rings is 1. The van der Waals surface area contributed by atoms with E-state index in [2.05, 4.69) is 15.5 Å². The van der Waals surface area contributed by atoms with Gasteiger partial charge >= 0.3 is 6.18 Å². The number of halogens is 3. The number of aromatic amines is 1. The molecule has 1 aromatic heterocycles. The second-order valence-corrected chi connectivity index (χ2v) is 3.17. The normalized spacial score (nSPS) is 11.9. The molecule has 1 aromatic rings. The van der Waals surface area contributed by atoms with Crippen molar-refractivity contribution in [3.63, 3.8) is 0 Å². The zero-order chi connectivity index (χ0) is 10.6. The first-order valence-electron chi connectivity index (χ1n) is 4.04. The van der Waals surface area contributed by atoms with Crippen molar-refractivity contribution in [3.8, 4) is 0 Å². The third-order valence-electron chi connectivity index (χ3n) is 1.62. The van der Waals surface area contributed by atoms with Crippen LogP contribution in [0.25, 0.3) is 0 Å². The highest BCUT2D eigenvalue weighted by Crippen LogP contribution is 2.22. The first-order chi connectivity index (χ1) is 6.49. The minimum atomic E-state index is -4.08. The van der Waals surface area contributed by atoms with Crippen LogP contribution >= 0.6 is 12.2 Å². The summed E-state index contributed by atoms with van der Waals surface area (Å²) in [5.74, 6) is 0. The summed E-state index contributed by atoms with van der Waals surface area (Å²) in [7, 11) is 0. The van der Waals surface area contributed by atoms with Crippen molar-refractivity contribution < 1.29 is 13.2 Å². The average molecular weight is 226 g/mol. The van der Waals surface area contributed by atoms with Gasteiger partial charge in [-0.1, -0.05) is 10.3 Å². The molecule has 0 aromatic carbocycles. The molecule has 14 heavy (non-hydrogen) atoms. The van der Waals surface area contributed by atoms with Crippen LogP contribution < -0.4 is 0 Å². The van der Waals surface area contributed by atoms with E-state index in [0.29, 0.717) is 13.0 Å². The number of alkyl halides is 3. The van der Waals surface area contributed by atoms with E-state index in [1.54, 1.807) is 0 Å². The van der Waals surface area contributed by atoms with E-state index in [4.69, 9.17) is 12.2 Å². The van der Waals surface area contributed by atoms with Crippen molar-refractivity contribution in [2.75, 3.05) is 0 Å². The highest BCUT2D eigenvalue weighted by atomic mass is 32.1. The lowest BCUT2D eigenvalue weighted by atomic mass is 10.2. The van der Waals surface area contributed by atoms with Crippen molar-refractivity contribution in [3.05, 3.63) is 4.77 Å². The number of hydrogen-bond acceptors (Lipinski definition) is 3. The fourth-order valence-corrected chi connectivity index (χ4v) is 1.13. The Labute approximate surface area is 83.1 Å². The molecule has 0 spiro atoms. The molecule has 1 heterocycles. The van der Waals surface area contributed by atoms with E-state index in [0.717, 1.165) is 0 Å². The smallest absolute Gasteiger partial charge is 0.242 e. The van der Waals surface area contributed by atoms with Gasteiger partial charge in [0.1, 0.15) is 0 Å². The van der Waals surface area contributed by atoms with Gasteiger partial charge in [-0.25, -0.2) is 4.68 Å². The van der Waals surface area contributed by atoms with Crippen molar-refractivity contribution in [2.24, 2.45) is 0 Å². The van der Waals surface area contributed by atoms with Crippen LogP contribution in [0.1, 0.15) is 19.3 Å². The van der Waals surface area contributed by atoms with Gasteiger partial charge in [-0.3, -0.25) is 0 Å². The van der Waals surface area contributed by atoms with E-state index in [9.17, 15) is 13.2 Å². The summed E-state index contributed by atoms with van der Waals surface area (Å²) in [5, 5.41) is 9.38. The molecular formula is C6H9F3N4S. The summed E-state index contributed by atoms with van der Waals surface area (Å²) in [6.07, 6.45) is -4.35. The predicted molar refractivity (Wildman–Crippen MR) is 45.1 cm³/mol. The van der Waals surface area contributed by atoms with Gasteiger partial charge in [0.25, 0.3) is 0 Å². The molecule has 0 aliphatic carbocycles. The molecule has 0 fully saturated rings. The van der Waals surface area contributed by atoms with Crippen LogP contribution in [-0.2, 0) is 6.54 Å². The van der Waals surface area contributed by atoms with Gasteiger partial charge in [-0.2, -0.15) is 18.4 Å². The Hall–Kier alpha value is -0.920. The maximum atomic E-state index is 11.7. The number of nitrogens with one attached hydrogen (secondary N) is 1. The molecule has 0 radical (unpaired) electrons. The molecule has 0 amide bonds. The molecule has 0 bridgehead atoms. The highest BCUT2D eigenvalue weighted by molar-refractivity contribution is 7.71. The lowest BCUT2D eigenvalue weighted by molar-refractivity contribution is -0.135. The molecule has 0 saturated heterocycles. The van der Waals surface area contributed by atoms with Crippen LogP contribution in [-0.4, -0.2) is 26.4 Å². The Kier molecular flexibility index (Phi) is 3.62. The average Bonchev–Trinajstić information content (AvgIpc) is 2.44. The number of aromatic nitrogens is 4. The van der Waals surface area contributed by atoms with Crippen LogP contribution in [0, 0.1) is 4.77 Å². The Morgan fingerprint density at radius 1 is 1.36 bits per heavy atom. The van der Waals surface area contributed by atoms with E-state index >= 15 is 0 Å². The maximum Gasteiger partial charge on any atom is 0.389 e. The Balaban J connectivity index is 2.23. The molecule has 8 heteroatoms. The molecule has 0 saturated carbocycles. The van der Waals surface area contributed by atoms with Crippen molar-refractivity contribution >= 4 is 12.2 Å². The maximum absolute atomic E-state index is 11.7. The van der Waals surface area contributed by atoms with Gasteiger partial charge in [-0.15, -0.1) is 0 Å². The van der Waals surface area contributed by atoms with Crippen LogP contribution in [0.15, 0.2) is 0 Å². The predicted octanol–water partition coefficient (Wildman–Crippen LogP) is 2.07. The lowest BCUT2D eigenvalue weighted by Crippen LogP contribution is -2.08. The van der Waals surface area contributed by atoms with Crippen LogP contribution in [0.4, 0.5) is 13.2 Å². The number of nitrogens with zero attached hydrogens (tertiary/aromatic N) is 3. The van der Waals surface area contributed by atoms with Crippen molar-refractivity contribution in [2.45, 2.75) is 32.0 Å². The standard InChI is InChI=1S/C6H9F3N4S/c7-6(8,9)3-1-2-4-13-5(14)10-11-12-13/h1-4H2,(H,10,12,14). The Morgan fingerprint density at radius 2 is 2.07 bits per heavy atom. The fourth-order valence-electron chi connectivity index (χ4n) is 0.957. The molecule has 0 unspecified atom stereocenters. The van der Waals surface area contributed by atoms with Crippen LogP contribution in [0.2, 0.25) is 0 Å². The molecule has 1 N–H and O–H groups in total. The summed E-state index contributed by atoms with van der Waals surface area (Å²) in [4.78, 5) is 0. The second kappa shape index (κ2) is 4.54. The minimum absolute atomic E-state index is 0.0876. The van der Waals surface area contributed by atoms with Gasteiger partial charge in [0, 0.05) is 13.0 Å². The van der Waals surface area contributed by atoms with Crippen LogP contribution in [0.5, 0.6) is 0 Å². The molecule has 0 atom stereocenters. The van der Waals surface area contributed by atoms with Crippen LogP contribution in [0.3, 0.4) is 0 Å². The number of H-pyrrole nitrogens is 1. The molecule has 80 valence electrons. The molecular weight excluding hydrogens is 217 g/mol. The van der Waals surface area contributed by atoms with Gasteiger partial charge < -0.3 is 0 Å². The second-order valence-electron chi connectivity index (χ2n) is 2.81. The largest absolute Gasteiger partial charge is 0.389 e. The molecule has 4 nitrogen and oxygen atoms in total. The summed E-state index contributed by atoms with van der Waals surface area (Å²) in [5.41, 5.74) is 0. The van der Waals surface area contributed by atoms with Gasteiger partial charge in [-0.05, 0) is 25.1 Å². The summed E-state index contributed by atoms with van der Waals surface area (Å²) in [6.45, 7) is 0.391. The number of unbranched alkanes of at least 4 members (excludes halogenated alkanes) is 1. The van der Waals surface area contributed by atoms with E-state index in [1.165, 1.54) is 4.68 Å². The first kappa shape index (κ1) is 11.2. The van der Waals surface area contributed by atoms with Gasteiger partial charge in [0.15, 0.2) is 0 Å². The van der Waals surface area contributed by atoms with Crippen molar-refractivity contribution in [1.82, 2.24) is 20.2 Å². The first-order valence-corrected chi connectivity index (χ1v) is 4.44. The van der Waals surface area contributed by atoms with E-state index in [-0.39, 0.29) is 11.2 Å². The zero-order valence-electron chi connectivity index (χ0n) is 7.21. The lowest BCUT2D eigenvalue weighted by Gasteiger charge is -2.05. The quantitative estimate of drug-likeness (QED) is 0.631. The number of rotatable bonds is 4. The molecule has 1 rings (SSSR count). The van der Waals surface area contributed by atoms with E-state index < -0.39 is 12.6 Å². The third-order valence-corrected chi connectivity index (χ3v) is 1.93.